The van der Waals surface area contributed by atoms with Crippen molar-refractivity contribution in [1.82, 2.24) is 4.90 Å². The van der Waals surface area contributed by atoms with Gasteiger partial charge in [0, 0.05) is 23.6 Å². The summed E-state index contributed by atoms with van der Waals surface area (Å²) in [7, 11) is 0. The van der Waals surface area contributed by atoms with Crippen LogP contribution in [0.5, 0.6) is 0 Å². The van der Waals surface area contributed by atoms with Gasteiger partial charge in [-0.15, -0.1) is 0 Å². The summed E-state index contributed by atoms with van der Waals surface area (Å²) < 4.78 is 5.75. The summed E-state index contributed by atoms with van der Waals surface area (Å²) in [6, 6.07) is 11.5. The van der Waals surface area contributed by atoms with Crippen LogP contribution in [0.2, 0.25) is 0 Å². The minimum absolute atomic E-state index is 0.188. The van der Waals surface area contributed by atoms with Gasteiger partial charge in [-0.2, -0.15) is 0 Å². The van der Waals surface area contributed by atoms with Crippen molar-refractivity contribution >= 4 is 5.78 Å². The Labute approximate surface area is 161 Å². The van der Waals surface area contributed by atoms with Crippen LogP contribution >= 0.6 is 0 Å². The van der Waals surface area contributed by atoms with Crippen molar-refractivity contribution in [3.05, 3.63) is 59.0 Å². The van der Waals surface area contributed by atoms with Gasteiger partial charge in [0.05, 0.1) is 12.3 Å². The molecule has 1 saturated carbocycles. The molecule has 0 radical (unpaired) electrons. The molecule has 1 aliphatic heterocycles. The molecule has 4 atom stereocenters. The van der Waals surface area contributed by atoms with Crippen LogP contribution in [0, 0.1) is 5.92 Å². The number of rotatable bonds is 3. The van der Waals surface area contributed by atoms with Crippen LogP contribution in [0.3, 0.4) is 0 Å². The van der Waals surface area contributed by atoms with Crippen molar-refractivity contribution in [3.8, 4) is 0 Å². The molecule has 2 aromatic rings. The van der Waals surface area contributed by atoms with E-state index in [0.717, 1.165) is 24.3 Å². The fraction of sp³-hybridized carbons (Fsp3) is 0.542. The van der Waals surface area contributed by atoms with Gasteiger partial charge < -0.3 is 4.42 Å². The predicted molar refractivity (Wildman–Crippen MR) is 106 cm³/mol. The van der Waals surface area contributed by atoms with E-state index in [1.54, 1.807) is 13.2 Å². The van der Waals surface area contributed by atoms with Gasteiger partial charge in [0.2, 0.25) is 0 Å². The smallest absolute Gasteiger partial charge is 0.159 e. The molecule has 142 valence electrons. The number of nitrogens with zero attached hydrogens (tertiary/aromatic N) is 1. The number of hydrogen-bond acceptors (Lipinski definition) is 3. The molecule has 5 rings (SSSR count). The van der Waals surface area contributed by atoms with Crippen molar-refractivity contribution in [2.75, 3.05) is 6.54 Å². The molecule has 27 heavy (non-hydrogen) atoms. The third kappa shape index (κ3) is 2.55. The number of ketones is 1. The first kappa shape index (κ1) is 17.2. The normalized spacial score (nSPS) is 31.0. The fourth-order valence-electron chi connectivity index (χ4n) is 6.43. The fourth-order valence-corrected chi connectivity index (χ4v) is 6.43. The van der Waals surface area contributed by atoms with Crippen molar-refractivity contribution < 1.29 is 9.21 Å². The number of fused-ring (bicyclic) bond motifs is 1. The third-order valence-electron chi connectivity index (χ3n) is 7.74. The second-order valence-electron chi connectivity index (χ2n) is 8.89. The zero-order valence-corrected chi connectivity index (χ0v) is 16.4. The summed E-state index contributed by atoms with van der Waals surface area (Å²) >= 11 is 0. The standard InChI is InChI=1S/C24H29NO2/c1-16(23-7-5-13-27-23)25-12-11-24-10-4-3-6-20(24)22(25)15-19-9-8-18(17(2)26)14-21(19)24/h5,7-9,13-14,16,20,22H,3-4,6,10-12,15H2,1-2H3/t16?,20-,22+,24+/m0/s1. The number of piperidine rings is 1. The van der Waals surface area contributed by atoms with Crippen molar-refractivity contribution in [2.45, 2.75) is 69.9 Å². The van der Waals surface area contributed by atoms with E-state index in [4.69, 9.17) is 4.42 Å². The Hall–Kier alpha value is -1.87. The van der Waals surface area contributed by atoms with Crippen molar-refractivity contribution in [2.24, 2.45) is 5.92 Å². The van der Waals surface area contributed by atoms with Crippen LogP contribution in [-0.2, 0) is 11.8 Å². The number of benzene rings is 1. The molecular formula is C24H29NO2. The first-order valence-electron chi connectivity index (χ1n) is 10.5. The lowest BCUT2D eigenvalue weighted by Crippen LogP contribution is -2.61. The topological polar surface area (TPSA) is 33.5 Å². The second kappa shape index (κ2) is 6.34. The maximum Gasteiger partial charge on any atom is 0.159 e. The molecule has 3 aliphatic rings. The Morgan fingerprint density at radius 2 is 2.15 bits per heavy atom. The summed E-state index contributed by atoms with van der Waals surface area (Å²) in [5, 5.41) is 0. The molecule has 0 amide bonds. The lowest BCUT2D eigenvalue weighted by atomic mass is 9.52. The molecule has 3 heteroatoms. The molecule has 1 aromatic carbocycles. The first-order valence-corrected chi connectivity index (χ1v) is 10.5. The van der Waals surface area contributed by atoms with Crippen LogP contribution in [-0.4, -0.2) is 23.3 Å². The van der Waals surface area contributed by atoms with Gasteiger partial charge in [-0.3, -0.25) is 9.69 Å². The largest absolute Gasteiger partial charge is 0.468 e. The maximum absolute atomic E-state index is 12.0. The number of carbonyl (C=O) groups excluding carboxylic acids is 1. The minimum atomic E-state index is 0.188. The molecule has 0 spiro atoms. The van der Waals surface area contributed by atoms with Gasteiger partial charge in [0.15, 0.2) is 5.78 Å². The highest BCUT2D eigenvalue weighted by molar-refractivity contribution is 5.94. The highest BCUT2D eigenvalue weighted by Crippen LogP contribution is 2.56. The molecule has 0 N–H and O–H groups in total. The summed E-state index contributed by atoms with van der Waals surface area (Å²) in [6.45, 7) is 5.10. The highest BCUT2D eigenvalue weighted by Gasteiger charge is 2.54. The Morgan fingerprint density at radius 1 is 1.26 bits per heavy atom. The molecule has 2 bridgehead atoms. The zero-order chi connectivity index (χ0) is 18.6. The number of hydrogen-bond donors (Lipinski definition) is 0. The highest BCUT2D eigenvalue weighted by atomic mass is 16.3. The Morgan fingerprint density at radius 3 is 2.93 bits per heavy atom. The molecule has 2 fully saturated rings. The van der Waals surface area contributed by atoms with E-state index in [0.29, 0.717) is 18.0 Å². The zero-order valence-electron chi connectivity index (χ0n) is 16.4. The molecule has 1 unspecified atom stereocenters. The third-order valence-corrected chi connectivity index (χ3v) is 7.74. The molecular weight excluding hydrogens is 334 g/mol. The number of furan rings is 1. The van der Waals surface area contributed by atoms with Crippen molar-refractivity contribution in [3.63, 3.8) is 0 Å². The first-order chi connectivity index (χ1) is 13.1. The lowest BCUT2D eigenvalue weighted by molar-refractivity contribution is -0.0346. The number of likely N-dealkylation sites (tertiary alicyclic amines) is 1. The van der Waals surface area contributed by atoms with E-state index < -0.39 is 0 Å². The Kier molecular flexibility index (Phi) is 4.05. The van der Waals surface area contributed by atoms with Gasteiger partial charge in [-0.1, -0.05) is 25.0 Å². The molecule has 2 aliphatic carbocycles. The average Bonchev–Trinajstić information content (AvgIpc) is 3.22. The van der Waals surface area contributed by atoms with Crippen LogP contribution < -0.4 is 0 Å². The van der Waals surface area contributed by atoms with E-state index in [-0.39, 0.29) is 11.2 Å². The summed E-state index contributed by atoms with van der Waals surface area (Å²) in [6.07, 6.45) is 9.36. The van der Waals surface area contributed by atoms with Gasteiger partial charge in [0.1, 0.15) is 5.76 Å². The van der Waals surface area contributed by atoms with Crippen LogP contribution in [0.4, 0.5) is 0 Å². The Balaban J connectivity index is 1.58. The summed E-state index contributed by atoms with van der Waals surface area (Å²) in [5.41, 5.74) is 4.14. The van der Waals surface area contributed by atoms with E-state index in [9.17, 15) is 4.79 Å². The Bertz CT molecular complexity index is 855. The van der Waals surface area contributed by atoms with E-state index >= 15 is 0 Å². The van der Waals surface area contributed by atoms with Gasteiger partial charge in [-0.05, 0) is 74.8 Å². The van der Waals surface area contributed by atoms with E-state index in [1.807, 2.05) is 12.1 Å². The van der Waals surface area contributed by atoms with Crippen LogP contribution in [0.1, 0.15) is 79.2 Å². The number of carbonyl (C=O) groups is 1. The molecule has 1 saturated heterocycles. The quantitative estimate of drug-likeness (QED) is 0.694. The van der Waals surface area contributed by atoms with Crippen LogP contribution in [0.25, 0.3) is 0 Å². The SMILES string of the molecule is CC(=O)c1ccc2c(c1)[C@@]13CCCC[C@H]1[C@@H](C2)N(C(C)c1ccco1)CC3. The molecule has 2 heterocycles. The van der Waals surface area contributed by atoms with Crippen LogP contribution in [0.15, 0.2) is 41.0 Å². The average molecular weight is 364 g/mol. The minimum Gasteiger partial charge on any atom is -0.468 e. The lowest BCUT2D eigenvalue weighted by Gasteiger charge is -2.60. The van der Waals surface area contributed by atoms with Gasteiger partial charge >= 0.3 is 0 Å². The summed E-state index contributed by atoms with van der Waals surface area (Å²) in [5.74, 6) is 1.97. The molecule has 3 nitrogen and oxygen atoms in total. The summed E-state index contributed by atoms with van der Waals surface area (Å²) in [4.78, 5) is 14.7. The predicted octanol–water partition coefficient (Wildman–Crippen LogP) is 5.30. The van der Waals surface area contributed by atoms with E-state index in [1.165, 1.54) is 43.2 Å². The van der Waals surface area contributed by atoms with Gasteiger partial charge in [0.25, 0.3) is 0 Å². The monoisotopic (exact) mass is 363 g/mol. The second-order valence-corrected chi connectivity index (χ2v) is 8.89. The van der Waals surface area contributed by atoms with Crippen molar-refractivity contribution in [1.29, 1.82) is 0 Å². The van der Waals surface area contributed by atoms with Gasteiger partial charge in [-0.25, -0.2) is 0 Å². The van der Waals surface area contributed by atoms with E-state index in [2.05, 4.69) is 30.0 Å². The number of Topliss-reactive ketones (excluding diaryl/α,β-unsaturated/α-hetero) is 1. The molecule has 1 aromatic heterocycles. The maximum atomic E-state index is 12.0.